The van der Waals surface area contributed by atoms with E-state index in [1.54, 1.807) is 17.2 Å². The predicted octanol–water partition coefficient (Wildman–Crippen LogP) is 4.04. The van der Waals surface area contributed by atoms with Gasteiger partial charge in [0.1, 0.15) is 11.4 Å². The molecule has 1 aromatic carbocycles. The summed E-state index contributed by atoms with van der Waals surface area (Å²) < 4.78 is 19.1. The van der Waals surface area contributed by atoms with Crippen LogP contribution in [0.2, 0.25) is 0 Å². The summed E-state index contributed by atoms with van der Waals surface area (Å²) in [6.07, 6.45) is 1.41. The third-order valence-electron chi connectivity index (χ3n) is 4.31. The number of aromatic nitrogens is 1. The van der Waals surface area contributed by atoms with E-state index in [1.165, 1.54) is 12.1 Å². The molecule has 2 unspecified atom stereocenters. The number of nitrogens with one attached hydrogen (secondary N) is 1. The van der Waals surface area contributed by atoms with E-state index in [2.05, 4.69) is 17.2 Å². The maximum Gasteiger partial charge on any atom is 0.410 e. The van der Waals surface area contributed by atoms with Crippen molar-refractivity contribution in [3.8, 4) is 0 Å². The molecule has 0 radical (unpaired) electrons. The molecule has 25 heavy (non-hydrogen) atoms. The largest absolute Gasteiger partial charge is 0.444 e. The van der Waals surface area contributed by atoms with Crippen molar-refractivity contribution in [2.45, 2.75) is 39.3 Å². The van der Waals surface area contributed by atoms with Gasteiger partial charge in [0.15, 0.2) is 0 Å². The lowest BCUT2D eigenvalue weighted by molar-refractivity contribution is 0.0288. The number of rotatable bonds is 2. The van der Waals surface area contributed by atoms with Gasteiger partial charge >= 0.3 is 6.09 Å². The van der Waals surface area contributed by atoms with Crippen LogP contribution >= 0.6 is 0 Å². The number of carbonyl (C=O) groups excluding carboxylic acids is 1. The van der Waals surface area contributed by atoms with Crippen molar-refractivity contribution >= 4 is 22.7 Å². The van der Waals surface area contributed by atoms with Crippen LogP contribution in [0.25, 0.3) is 10.9 Å². The zero-order chi connectivity index (χ0) is 18.2. The van der Waals surface area contributed by atoms with Gasteiger partial charge in [0, 0.05) is 36.4 Å². The maximum absolute atomic E-state index is 13.6. The highest BCUT2D eigenvalue weighted by molar-refractivity contribution is 5.91. The van der Waals surface area contributed by atoms with Gasteiger partial charge in [-0.15, -0.1) is 0 Å². The van der Waals surface area contributed by atoms with Gasteiger partial charge in [0.25, 0.3) is 0 Å². The van der Waals surface area contributed by atoms with Gasteiger partial charge in [0.2, 0.25) is 0 Å². The van der Waals surface area contributed by atoms with Crippen LogP contribution in [0.3, 0.4) is 0 Å². The summed E-state index contributed by atoms with van der Waals surface area (Å²) in [4.78, 5) is 18.3. The van der Waals surface area contributed by atoms with E-state index in [0.29, 0.717) is 13.1 Å². The summed E-state index contributed by atoms with van der Waals surface area (Å²) in [5, 5.41) is 4.19. The van der Waals surface area contributed by atoms with Crippen molar-refractivity contribution in [3.05, 3.63) is 36.3 Å². The van der Waals surface area contributed by atoms with Crippen LogP contribution in [0.4, 0.5) is 14.9 Å². The van der Waals surface area contributed by atoms with Crippen molar-refractivity contribution < 1.29 is 13.9 Å². The third kappa shape index (κ3) is 4.00. The predicted molar refractivity (Wildman–Crippen MR) is 96.1 cm³/mol. The average Bonchev–Trinajstić information content (AvgIpc) is 2.87. The Hall–Kier alpha value is -2.37. The first-order valence-corrected chi connectivity index (χ1v) is 8.52. The molecule has 1 saturated heterocycles. The molecule has 0 aliphatic carbocycles. The summed E-state index contributed by atoms with van der Waals surface area (Å²) >= 11 is 0. The fourth-order valence-electron chi connectivity index (χ4n) is 3.07. The van der Waals surface area contributed by atoms with E-state index < -0.39 is 5.60 Å². The molecule has 0 spiro atoms. The van der Waals surface area contributed by atoms with E-state index in [-0.39, 0.29) is 23.9 Å². The topological polar surface area (TPSA) is 54.5 Å². The van der Waals surface area contributed by atoms with Gasteiger partial charge in [-0.25, -0.2) is 9.18 Å². The second-order valence-electron chi connectivity index (χ2n) is 7.63. The van der Waals surface area contributed by atoms with Crippen molar-refractivity contribution in [1.29, 1.82) is 0 Å². The number of ether oxygens (including phenoxy) is 1. The standard InChI is InChI=1S/C19H24FN3O2/c1-12-10-23(18(24)25-19(2,3)4)11-17(12)22-16-7-8-21-15-6-5-13(20)9-14(15)16/h5-9,12,17H,10-11H2,1-4H3,(H,21,22). The third-order valence-corrected chi connectivity index (χ3v) is 4.31. The molecule has 2 aromatic rings. The highest BCUT2D eigenvalue weighted by atomic mass is 19.1. The van der Waals surface area contributed by atoms with Gasteiger partial charge in [-0.05, 0) is 51.0 Å². The zero-order valence-electron chi connectivity index (χ0n) is 15.0. The summed E-state index contributed by atoms with van der Waals surface area (Å²) in [5.41, 5.74) is 1.05. The molecule has 134 valence electrons. The second kappa shape index (κ2) is 6.50. The van der Waals surface area contributed by atoms with Crippen molar-refractivity contribution in [1.82, 2.24) is 9.88 Å². The minimum atomic E-state index is -0.509. The summed E-state index contributed by atoms with van der Waals surface area (Å²) in [7, 11) is 0. The average molecular weight is 345 g/mol. The molecule has 1 aromatic heterocycles. The number of benzene rings is 1. The Bertz CT molecular complexity index is 788. The molecule has 1 fully saturated rings. The highest BCUT2D eigenvalue weighted by Gasteiger charge is 2.34. The summed E-state index contributed by atoms with van der Waals surface area (Å²) in [5.74, 6) is -0.0392. The van der Waals surface area contributed by atoms with E-state index in [1.807, 2.05) is 26.8 Å². The Morgan fingerprint density at radius 2 is 2.08 bits per heavy atom. The number of carbonyl (C=O) groups is 1. The van der Waals surface area contributed by atoms with Gasteiger partial charge in [-0.2, -0.15) is 0 Å². The van der Waals surface area contributed by atoms with Crippen LogP contribution in [-0.2, 0) is 4.74 Å². The zero-order valence-corrected chi connectivity index (χ0v) is 15.0. The lowest BCUT2D eigenvalue weighted by Gasteiger charge is -2.24. The Kier molecular flexibility index (Phi) is 4.54. The number of nitrogens with zero attached hydrogens (tertiary/aromatic N) is 2. The lowest BCUT2D eigenvalue weighted by Crippen LogP contribution is -2.36. The molecule has 6 heteroatoms. The lowest BCUT2D eigenvalue weighted by atomic mass is 10.1. The molecule has 2 heterocycles. The first kappa shape index (κ1) is 17.5. The van der Waals surface area contributed by atoms with Crippen LogP contribution < -0.4 is 5.32 Å². The van der Waals surface area contributed by atoms with Gasteiger partial charge < -0.3 is 15.0 Å². The van der Waals surface area contributed by atoms with Crippen molar-refractivity contribution in [3.63, 3.8) is 0 Å². The summed E-state index contributed by atoms with van der Waals surface area (Å²) in [6, 6.07) is 6.46. The summed E-state index contributed by atoms with van der Waals surface area (Å²) in [6.45, 7) is 8.85. The van der Waals surface area contributed by atoms with Gasteiger partial charge in [0.05, 0.1) is 5.52 Å². The Morgan fingerprint density at radius 3 is 2.80 bits per heavy atom. The fraction of sp³-hybridized carbons (Fsp3) is 0.474. The first-order valence-electron chi connectivity index (χ1n) is 8.52. The van der Waals surface area contributed by atoms with Crippen LogP contribution in [0.5, 0.6) is 0 Å². The number of amides is 1. The fourth-order valence-corrected chi connectivity index (χ4v) is 3.07. The smallest absolute Gasteiger partial charge is 0.410 e. The molecule has 5 nitrogen and oxygen atoms in total. The monoisotopic (exact) mass is 345 g/mol. The molecule has 1 aliphatic rings. The molecule has 0 saturated carbocycles. The number of hydrogen-bond acceptors (Lipinski definition) is 4. The number of hydrogen-bond donors (Lipinski definition) is 1. The molecule has 1 aliphatic heterocycles. The molecule has 0 bridgehead atoms. The second-order valence-corrected chi connectivity index (χ2v) is 7.63. The van der Waals surface area contributed by atoms with E-state index in [0.717, 1.165) is 16.6 Å². The Labute approximate surface area is 147 Å². The Balaban J connectivity index is 1.76. The number of anilines is 1. The SMILES string of the molecule is CC1CN(C(=O)OC(C)(C)C)CC1Nc1ccnc2ccc(F)cc12. The first-order chi connectivity index (χ1) is 11.7. The van der Waals surface area contributed by atoms with Crippen LogP contribution in [0, 0.1) is 11.7 Å². The highest BCUT2D eigenvalue weighted by Crippen LogP contribution is 2.27. The number of pyridine rings is 1. The molecule has 2 atom stereocenters. The molecular formula is C19H24FN3O2. The van der Waals surface area contributed by atoms with Crippen molar-refractivity contribution in [2.24, 2.45) is 5.92 Å². The van der Waals surface area contributed by atoms with Crippen LogP contribution in [0.1, 0.15) is 27.7 Å². The Morgan fingerprint density at radius 1 is 1.32 bits per heavy atom. The molecule has 3 rings (SSSR count). The van der Waals surface area contributed by atoms with E-state index in [9.17, 15) is 9.18 Å². The maximum atomic E-state index is 13.6. The van der Waals surface area contributed by atoms with Crippen LogP contribution in [0.15, 0.2) is 30.5 Å². The van der Waals surface area contributed by atoms with E-state index in [4.69, 9.17) is 4.74 Å². The molecule has 1 N–H and O–H groups in total. The number of halogens is 1. The van der Waals surface area contributed by atoms with Gasteiger partial charge in [-0.3, -0.25) is 4.98 Å². The minimum Gasteiger partial charge on any atom is -0.444 e. The van der Waals surface area contributed by atoms with Crippen molar-refractivity contribution in [2.75, 3.05) is 18.4 Å². The van der Waals surface area contributed by atoms with E-state index >= 15 is 0 Å². The quantitative estimate of drug-likeness (QED) is 0.892. The number of likely N-dealkylation sites (tertiary alicyclic amines) is 1. The minimum absolute atomic E-state index is 0.0707. The number of fused-ring (bicyclic) bond motifs is 1. The van der Waals surface area contributed by atoms with Crippen LogP contribution in [-0.4, -0.2) is 40.7 Å². The van der Waals surface area contributed by atoms with Gasteiger partial charge in [-0.1, -0.05) is 6.92 Å². The molecular weight excluding hydrogens is 321 g/mol. The normalized spacial score (nSPS) is 20.8. The molecule has 1 amide bonds.